The highest BCUT2D eigenvalue weighted by molar-refractivity contribution is 5.78. The summed E-state index contributed by atoms with van der Waals surface area (Å²) in [6.45, 7) is 5.31. The molecule has 1 aromatic carbocycles. The van der Waals surface area contributed by atoms with Crippen molar-refractivity contribution in [1.29, 1.82) is 0 Å². The monoisotopic (exact) mass is 539 g/mol. The SMILES string of the molecule is Cn1cnc(OC(=O)N(Cc2cccc(OC(F)(F)F)c2)CC2C3CN(CC(=O)NC(C)(C)CO)CC32)c1. The first-order valence-electron chi connectivity index (χ1n) is 12.3. The molecule has 1 aromatic heterocycles. The summed E-state index contributed by atoms with van der Waals surface area (Å²) in [7, 11) is 1.73. The van der Waals surface area contributed by atoms with Crippen LogP contribution in [0.25, 0.3) is 0 Å². The summed E-state index contributed by atoms with van der Waals surface area (Å²) in [5.74, 6) is 0.347. The van der Waals surface area contributed by atoms with E-state index < -0.39 is 18.0 Å². The molecule has 0 bridgehead atoms. The number of aliphatic hydroxyl groups is 1. The second-order valence-corrected chi connectivity index (χ2v) is 10.6. The number of aliphatic hydroxyl groups excluding tert-OH is 1. The molecule has 38 heavy (non-hydrogen) atoms. The summed E-state index contributed by atoms with van der Waals surface area (Å²) in [4.78, 5) is 32.9. The lowest BCUT2D eigenvalue weighted by molar-refractivity contribution is -0.274. The molecule has 1 saturated carbocycles. The van der Waals surface area contributed by atoms with Gasteiger partial charge < -0.3 is 29.4 Å². The van der Waals surface area contributed by atoms with Gasteiger partial charge in [0, 0.05) is 33.2 Å². The Bertz CT molecular complexity index is 1140. The fourth-order valence-electron chi connectivity index (χ4n) is 4.91. The van der Waals surface area contributed by atoms with Crippen LogP contribution in [0.4, 0.5) is 18.0 Å². The van der Waals surface area contributed by atoms with Crippen molar-refractivity contribution in [3.05, 3.63) is 42.4 Å². The highest BCUT2D eigenvalue weighted by Gasteiger charge is 2.56. The van der Waals surface area contributed by atoms with Crippen LogP contribution in [0.1, 0.15) is 19.4 Å². The Balaban J connectivity index is 1.38. The summed E-state index contributed by atoms with van der Waals surface area (Å²) in [6, 6.07) is 5.50. The Hall–Kier alpha value is -3.32. The van der Waals surface area contributed by atoms with Crippen molar-refractivity contribution >= 4 is 12.0 Å². The summed E-state index contributed by atoms with van der Waals surface area (Å²) >= 11 is 0. The van der Waals surface area contributed by atoms with Gasteiger partial charge in [0.25, 0.3) is 0 Å². The van der Waals surface area contributed by atoms with Crippen molar-refractivity contribution in [3.63, 3.8) is 0 Å². The van der Waals surface area contributed by atoms with Crippen molar-refractivity contribution in [3.8, 4) is 11.6 Å². The van der Waals surface area contributed by atoms with E-state index in [1.807, 2.05) is 4.90 Å². The van der Waals surface area contributed by atoms with Crippen molar-refractivity contribution in [2.24, 2.45) is 24.8 Å². The molecule has 13 heteroatoms. The molecule has 2 aromatic rings. The van der Waals surface area contributed by atoms with E-state index in [0.29, 0.717) is 37.0 Å². The molecule has 2 N–H and O–H groups in total. The van der Waals surface area contributed by atoms with Crippen LogP contribution in [0, 0.1) is 17.8 Å². The molecule has 4 rings (SSSR count). The number of ether oxygens (including phenoxy) is 2. The number of nitrogens with one attached hydrogen (secondary N) is 1. The molecule has 2 atom stereocenters. The van der Waals surface area contributed by atoms with E-state index in [9.17, 15) is 27.9 Å². The van der Waals surface area contributed by atoms with Gasteiger partial charge >= 0.3 is 12.5 Å². The minimum atomic E-state index is -4.82. The largest absolute Gasteiger partial charge is 0.573 e. The van der Waals surface area contributed by atoms with E-state index in [1.165, 1.54) is 29.4 Å². The molecule has 2 heterocycles. The maximum atomic E-state index is 13.1. The lowest BCUT2D eigenvalue weighted by Gasteiger charge is -2.27. The molecule has 1 aliphatic heterocycles. The number of nitrogens with zero attached hydrogens (tertiary/aromatic N) is 4. The average molecular weight is 540 g/mol. The third-order valence-electron chi connectivity index (χ3n) is 6.76. The smallest absolute Gasteiger partial charge is 0.406 e. The normalized spacial score (nSPS) is 21.1. The highest BCUT2D eigenvalue weighted by atomic mass is 19.4. The van der Waals surface area contributed by atoms with Gasteiger partial charge in [-0.2, -0.15) is 0 Å². The minimum absolute atomic E-state index is 0.0268. The number of fused-ring (bicyclic) bond motifs is 1. The van der Waals surface area contributed by atoms with E-state index in [0.717, 1.165) is 0 Å². The third-order valence-corrected chi connectivity index (χ3v) is 6.76. The predicted octanol–water partition coefficient (Wildman–Crippen LogP) is 2.38. The Morgan fingerprint density at radius 3 is 2.55 bits per heavy atom. The molecule has 10 nitrogen and oxygen atoms in total. The molecule has 1 aliphatic carbocycles. The van der Waals surface area contributed by atoms with Crippen LogP contribution in [-0.4, -0.2) is 81.1 Å². The van der Waals surface area contributed by atoms with E-state index in [1.54, 1.807) is 37.7 Å². The van der Waals surface area contributed by atoms with Crippen LogP contribution in [0.5, 0.6) is 11.6 Å². The van der Waals surface area contributed by atoms with Gasteiger partial charge in [0.05, 0.1) is 31.2 Å². The first-order valence-corrected chi connectivity index (χ1v) is 12.3. The molecule has 1 saturated heterocycles. The van der Waals surface area contributed by atoms with Crippen LogP contribution >= 0.6 is 0 Å². The Kier molecular flexibility index (Phi) is 7.88. The quantitative estimate of drug-likeness (QED) is 0.477. The van der Waals surface area contributed by atoms with Crippen LogP contribution < -0.4 is 14.8 Å². The first-order chi connectivity index (χ1) is 17.8. The van der Waals surface area contributed by atoms with Gasteiger partial charge in [0.2, 0.25) is 11.8 Å². The van der Waals surface area contributed by atoms with Crippen molar-refractivity contribution in [2.75, 3.05) is 32.8 Å². The van der Waals surface area contributed by atoms with E-state index >= 15 is 0 Å². The number of amides is 2. The van der Waals surface area contributed by atoms with Crippen LogP contribution in [0.2, 0.25) is 0 Å². The zero-order valence-electron chi connectivity index (χ0n) is 21.4. The maximum absolute atomic E-state index is 13.1. The Morgan fingerprint density at radius 2 is 1.95 bits per heavy atom. The number of benzene rings is 1. The first kappa shape index (κ1) is 27.7. The molecular weight excluding hydrogens is 507 g/mol. The molecule has 2 unspecified atom stereocenters. The van der Waals surface area contributed by atoms with Crippen LogP contribution in [-0.2, 0) is 18.4 Å². The summed E-state index contributed by atoms with van der Waals surface area (Å²) in [5.41, 5.74) is -0.237. The van der Waals surface area contributed by atoms with Crippen molar-refractivity contribution in [1.82, 2.24) is 24.7 Å². The molecule has 208 valence electrons. The van der Waals surface area contributed by atoms with Gasteiger partial charge in [-0.15, -0.1) is 13.2 Å². The van der Waals surface area contributed by atoms with E-state index in [-0.39, 0.29) is 43.2 Å². The number of rotatable bonds is 10. The molecule has 2 fully saturated rings. The van der Waals surface area contributed by atoms with Crippen molar-refractivity contribution < 1.29 is 37.3 Å². The fraction of sp³-hybridized carbons (Fsp3) is 0.560. The van der Waals surface area contributed by atoms with Crippen LogP contribution in [0.15, 0.2) is 36.8 Å². The zero-order valence-corrected chi connectivity index (χ0v) is 21.4. The van der Waals surface area contributed by atoms with Gasteiger partial charge in [-0.05, 0) is 49.3 Å². The number of alkyl halides is 3. The van der Waals surface area contributed by atoms with Gasteiger partial charge in [-0.25, -0.2) is 9.78 Å². The lowest BCUT2D eigenvalue weighted by Crippen LogP contribution is -2.50. The number of carbonyl (C=O) groups is 2. The Labute approximate surface area is 218 Å². The number of hydrogen-bond acceptors (Lipinski definition) is 7. The molecule has 2 aliphatic rings. The van der Waals surface area contributed by atoms with Gasteiger partial charge in [-0.1, -0.05) is 12.1 Å². The number of imidazole rings is 1. The summed E-state index contributed by atoms with van der Waals surface area (Å²) in [6.07, 6.45) is -2.44. The third kappa shape index (κ3) is 7.38. The number of aryl methyl sites for hydroxylation is 1. The molecule has 2 amide bonds. The lowest BCUT2D eigenvalue weighted by atomic mass is 10.1. The number of halogens is 3. The van der Waals surface area contributed by atoms with Gasteiger partial charge in [0.15, 0.2) is 0 Å². The topological polar surface area (TPSA) is 109 Å². The average Bonchev–Trinajstić information content (AvgIpc) is 3.10. The minimum Gasteiger partial charge on any atom is -0.406 e. The molecule has 0 radical (unpaired) electrons. The fourth-order valence-corrected chi connectivity index (χ4v) is 4.91. The second kappa shape index (κ2) is 10.8. The van der Waals surface area contributed by atoms with Gasteiger partial charge in [-0.3, -0.25) is 9.69 Å². The number of likely N-dealkylation sites (tertiary alicyclic amines) is 1. The number of piperidine rings is 1. The summed E-state index contributed by atoms with van der Waals surface area (Å²) < 4.78 is 49.1. The molecule has 0 spiro atoms. The predicted molar refractivity (Wildman–Crippen MR) is 129 cm³/mol. The number of carbonyl (C=O) groups excluding carboxylic acids is 2. The standard InChI is InChI=1S/C25H32F3N5O5/c1-24(2,14-34)30-21(35)12-32-9-18-19(10-32)20(18)11-33(23(36)37-22-13-31(3)15-29-22)8-16-5-4-6-17(7-16)38-25(26,27)28/h4-7,13,15,18-20,34H,8-12,14H2,1-3H3,(H,30,35). The summed E-state index contributed by atoms with van der Waals surface area (Å²) in [5, 5.41) is 12.2. The number of hydrogen-bond donors (Lipinski definition) is 2. The zero-order chi connectivity index (χ0) is 27.7. The maximum Gasteiger partial charge on any atom is 0.573 e. The Morgan fingerprint density at radius 1 is 1.24 bits per heavy atom. The second-order valence-electron chi connectivity index (χ2n) is 10.6. The highest BCUT2D eigenvalue weighted by Crippen LogP contribution is 2.52. The van der Waals surface area contributed by atoms with Gasteiger partial charge in [0.1, 0.15) is 5.75 Å². The van der Waals surface area contributed by atoms with Crippen LogP contribution in [0.3, 0.4) is 0 Å². The van der Waals surface area contributed by atoms with E-state index in [2.05, 4.69) is 15.0 Å². The van der Waals surface area contributed by atoms with E-state index in [4.69, 9.17) is 4.74 Å². The van der Waals surface area contributed by atoms with Crippen molar-refractivity contribution in [2.45, 2.75) is 32.3 Å². The molecular formula is C25H32F3N5O5. The number of aromatic nitrogens is 2.